The highest BCUT2D eigenvalue weighted by molar-refractivity contribution is 6.39. The summed E-state index contributed by atoms with van der Waals surface area (Å²) in [5, 5.41) is 8.38. The number of anilines is 1. The Labute approximate surface area is 139 Å². The number of fused-ring (bicyclic) bond motifs is 1. The molecule has 0 bridgehead atoms. The molecule has 0 fully saturated rings. The largest absolute Gasteiger partial charge is 0.322 e. The highest BCUT2D eigenvalue weighted by Gasteiger charge is 2.19. The third-order valence-electron chi connectivity index (χ3n) is 3.75. The molecule has 3 rings (SSSR count). The number of rotatable bonds is 3. The van der Waals surface area contributed by atoms with Crippen LogP contribution in [0.4, 0.5) is 5.69 Å². The van der Waals surface area contributed by atoms with E-state index in [1.807, 2.05) is 45.2 Å². The van der Waals surface area contributed by atoms with Crippen LogP contribution in [0.1, 0.15) is 28.5 Å². The van der Waals surface area contributed by atoms with Gasteiger partial charge < -0.3 is 5.32 Å². The first-order chi connectivity index (χ1) is 11.0. The summed E-state index contributed by atoms with van der Waals surface area (Å²) in [4.78, 5) is 16.8. The second-order valence-electron chi connectivity index (χ2n) is 5.43. The van der Waals surface area contributed by atoms with Gasteiger partial charge in [-0.05, 0) is 25.5 Å². The average molecular weight is 329 g/mol. The minimum Gasteiger partial charge on any atom is -0.322 e. The van der Waals surface area contributed by atoms with Crippen molar-refractivity contribution in [3.8, 4) is 0 Å². The fourth-order valence-electron chi connectivity index (χ4n) is 2.50. The summed E-state index contributed by atoms with van der Waals surface area (Å²) in [5.74, 6) is -0.279. The van der Waals surface area contributed by atoms with Crippen LogP contribution in [0.2, 0.25) is 5.02 Å². The van der Waals surface area contributed by atoms with Crippen molar-refractivity contribution in [1.29, 1.82) is 0 Å². The van der Waals surface area contributed by atoms with E-state index in [-0.39, 0.29) is 5.91 Å². The number of hydrogen-bond donors (Lipinski definition) is 1. The van der Waals surface area contributed by atoms with Gasteiger partial charge in [0, 0.05) is 18.9 Å². The van der Waals surface area contributed by atoms with Crippen molar-refractivity contribution in [1.82, 2.24) is 14.8 Å². The van der Waals surface area contributed by atoms with E-state index < -0.39 is 0 Å². The Bertz CT molecular complexity index is 884. The molecule has 0 aliphatic rings. The molecule has 0 aliphatic heterocycles. The predicted molar refractivity (Wildman–Crippen MR) is 92.0 cm³/mol. The van der Waals surface area contributed by atoms with E-state index >= 15 is 0 Å². The minimum atomic E-state index is -0.279. The van der Waals surface area contributed by atoms with Gasteiger partial charge in [-0.15, -0.1) is 0 Å². The molecule has 6 heteroatoms. The van der Waals surface area contributed by atoms with Crippen LogP contribution in [0.15, 0.2) is 30.5 Å². The smallest absolute Gasteiger partial charge is 0.258 e. The lowest BCUT2D eigenvalue weighted by molar-refractivity contribution is 0.102. The zero-order valence-corrected chi connectivity index (χ0v) is 14.0. The van der Waals surface area contributed by atoms with Crippen molar-refractivity contribution in [3.05, 3.63) is 52.3 Å². The first-order valence-electron chi connectivity index (χ1n) is 7.39. The summed E-state index contributed by atoms with van der Waals surface area (Å²) >= 11 is 6.47. The molecule has 1 N–H and O–H groups in total. The van der Waals surface area contributed by atoms with Gasteiger partial charge in [0.2, 0.25) is 0 Å². The molecule has 0 saturated carbocycles. The number of pyridine rings is 1. The van der Waals surface area contributed by atoms with Gasteiger partial charge in [0.05, 0.1) is 21.7 Å². The number of nitrogens with zero attached hydrogens (tertiary/aromatic N) is 3. The zero-order chi connectivity index (χ0) is 16.6. The van der Waals surface area contributed by atoms with Crippen LogP contribution >= 0.6 is 11.6 Å². The molecule has 0 radical (unpaired) electrons. The molecule has 0 saturated heterocycles. The van der Waals surface area contributed by atoms with Gasteiger partial charge in [-0.1, -0.05) is 36.2 Å². The Morgan fingerprint density at radius 3 is 2.65 bits per heavy atom. The van der Waals surface area contributed by atoms with Crippen molar-refractivity contribution in [3.63, 3.8) is 0 Å². The third-order valence-corrected chi connectivity index (χ3v) is 4.14. The molecule has 0 unspecified atom stereocenters. The molecule has 0 aliphatic carbocycles. The Kier molecular flexibility index (Phi) is 4.05. The number of nitrogens with one attached hydrogen (secondary N) is 1. The maximum absolute atomic E-state index is 12.5. The summed E-state index contributed by atoms with van der Waals surface area (Å²) in [5.41, 5.74) is 3.72. The molecule has 2 heterocycles. The van der Waals surface area contributed by atoms with E-state index in [1.54, 1.807) is 4.68 Å². The first kappa shape index (κ1) is 15.5. The summed E-state index contributed by atoms with van der Waals surface area (Å²) in [6, 6.07) is 7.59. The monoisotopic (exact) mass is 328 g/mol. The van der Waals surface area contributed by atoms with Gasteiger partial charge in [-0.3, -0.25) is 9.48 Å². The highest BCUT2D eigenvalue weighted by Crippen LogP contribution is 2.29. The Morgan fingerprint density at radius 2 is 2.00 bits per heavy atom. The van der Waals surface area contributed by atoms with E-state index in [2.05, 4.69) is 15.4 Å². The average Bonchev–Trinajstić information content (AvgIpc) is 2.87. The lowest BCUT2D eigenvalue weighted by Crippen LogP contribution is -2.13. The van der Waals surface area contributed by atoms with Crippen molar-refractivity contribution in [2.24, 2.45) is 7.05 Å². The predicted octanol–water partition coefficient (Wildman–Crippen LogP) is 3.74. The Balaban J connectivity index is 2.00. The highest BCUT2D eigenvalue weighted by atomic mass is 35.5. The SMILES string of the molecule is CCc1nn(C)c2ncc(C(=O)Nc3ccc(C)cc3)c(Cl)c12. The number of aryl methyl sites for hydroxylation is 3. The van der Waals surface area contributed by atoms with Gasteiger partial charge in [0.25, 0.3) is 5.91 Å². The molecule has 118 valence electrons. The van der Waals surface area contributed by atoms with E-state index in [1.165, 1.54) is 6.20 Å². The molecule has 0 atom stereocenters. The number of benzene rings is 1. The van der Waals surface area contributed by atoms with Crippen molar-refractivity contribution in [2.45, 2.75) is 20.3 Å². The van der Waals surface area contributed by atoms with Crippen molar-refractivity contribution in [2.75, 3.05) is 5.32 Å². The molecule has 0 spiro atoms. The fraction of sp³-hybridized carbons (Fsp3) is 0.235. The van der Waals surface area contributed by atoms with Gasteiger partial charge in [-0.25, -0.2) is 4.98 Å². The molecule has 2 aromatic heterocycles. The number of carbonyl (C=O) groups excluding carboxylic acids is 1. The van der Waals surface area contributed by atoms with Gasteiger partial charge in [-0.2, -0.15) is 5.10 Å². The normalized spacial score (nSPS) is 11.0. The van der Waals surface area contributed by atoms with E-state index in [0.29, 0.717) is 16.2 Å². The van der Waals surface area contributed by atoms with Crippen LogP contribution in [0, 0.1) is 6.92 Å². The standard InChI is InChI=1S/C17H17ClN4O/c1-4-13-14-15(18)12(9-19-16(14)22(3)21-13)17(23)20-11-7-5-10(2)6-8-11/h5-9H,4H2,1-3H3,(H,20,23). The lowest BCUT2D eigenvalue weighted by atomic mass is 10.1. The number of amides is 1. The second-order valence-corrected chi connectivity index (χ2v) is 5.81. The van der Waals surface area contributed by atoms with E-state index in [0.717, 1.165) is 28.8 Å². The molecule has 1 aromatic carbocycles. The number of aromatic nitrogens is 3. The summed E-state index contributed by atoms with van der Waals surface area (Å²) in [7, 11) is 1.82. The Hall–Kier alpha value is -2.40. The van der Waals surface area contributed by atoms with E-state index in [9.17, 15) is 4.79 Å². The summed E-state index contributed by atoms with van der Waals surface area (Å²) < 4.78 is 1.68. The maximum Gasteiger partial charge on any atom is 0.258 e. The van der Waals surface area contributed by atoms with Crippen LogP contribution in [-0.2, 0) is 13.5 Å². The van der Waals surface area contributed by atoms with Gasteiger partial charge in [0.15, 0.2) is 5.65 Å². The quantitative estimate of drug-likeness (QED) is 0.796. The molecular formula is C17H17ClN4O. The maximum atomic E-state index is 12.5. The van der Waals surface area contributed by atoms with Gasteiger partial charge >= 0.3 is 0 Å². The topological polar surface area (TPSA) is 59.8 Å². The first-order valence-corrected chi connectivity index (χ1v) is 7.77. The molecule has 5 nitrogen and oxygen atoms in total. The van der Waals surface area contributed by atoms with Crippen LogP contribution in [0.5, 0.6) is 0 Å². The van der Waals surface area contributed by atoms with Crippen LogP contribution in [-0.4, -0.2) is 20.7 Å². The van der Waals surface area contributed by atoms with Crippen molar-refractivity contribution >= 4 is 34.2 Å². The van der Waals surface area contributed by atoms with Crippen LogP contribution in [0.3, 0.4) is 0 Å². The minimum absolute atomic E-state index is 0.279. The lowest BCUT2D eigenvalue weighted by Gasteiger charge is -2.08. The fourth-order valence-corrected chi connectivity index (χ4v) is 2.83. The number of hydrogen-bond acceptors (Lipinski definition) is 3. The van der Waals surface area contributed by atoms with Crippen LogP contribution in [0.25, 0.3) is 11.0 Å². The molecule has 1 amide bonds. The van der Waals surface area contributed by atoms with Crippen molar-refractivity contribution < 1.29 is 4.79 Å². The van der Waals surface area contributed by atoms with Crippen LogP contribution < -0.4 is 5.32 Å². The summed E-state index contributed by atoms with van der Waals surface area (Å²) in [6.07, 6.45) is 2.22. The number of halogens is 1. The third kappa shape index (κ3) is 2.80. The van der Waals surface area contributed by atoms with Gasteiger partial charge in [0.1, 0.15) is 0 Å². The molecule has 23 heavy (non-hydrogen) atoms. The summed E-state index contributed by atoms with van der Waals surface area (Å²) in [6.45, 7) is 3.99. The van der Waals surface area contributed by atoms with E-state index in [4.69, 9.17) is 11.6 Å². The second kappa shape index (κ2) is 6.01. The number of carbonyl (C=O) groups is 1. The molecular weight excluding hydrogens is 312 g/mol. The zero-order valence-electron chi connectivity index (χ0n) is 13.2. The Morgan fingerprint density at radius 1 is 1.30 bits per heavy atom. The molecule has 3 aromatic rings.